The number of ketones is 1. The summed E-state index contributed by atoms with van der Waals surface area (Å²) in [7, 11) is 0. The lowest BCUT2D eigenvalue weighted by Gasteiger charge is -2.07. The number of fused-ring (bicyclic) bond motifs is 2. The Kier molecular flexibility index (Phi) is 6.35. The van der Waals surface area contributed by atoms with Crippen LogP contribution in [0.4, 0.5) is 4.39 Å². The largest absolute Gasteiger partial charge is 0.506 e. The predicted molar refractivity (Wildman–Crippen MR) is 153 cm³/mol. The number of carboxylic acids is 1. The summed E-state index contributed by atoms with van der Waals surface area (Å²) in [6, 6.07) is 8.11. The van der Waals surface area contributed by atoms with Gasteiger partial charge in [0.2, 0.25) is 5.78 Å². The van der Waals surface area contributed by atoms with Crippen molar-refractivity contribution in [2.24, 2.45) is 0 Å². The lowest BCUT2D eigenvalue weighted by atomic mass is 9.96. The lowest BCUT2D eigenvalue weighted by molar-refractivity contribution is 0.0702. The summed E-state index contributed by atoms with van der Waals surface area (Å²) in [5.74, 6) is -2.41. The van der Waals surface area contributed by atoms with Gasteiger partial charge in [-0.05, 0) is 68.4 Å². The number of carboxylic acid groups (broad SMARTS) is 1. The Morgan fingerprint density at radius 2 is 1.93 bits per heavy atom. The number of aliphatic hydroxyl groups is 1. The molecule has 0 unspecified atom stereocenters. The van der Waals surface area contributed by atoms with Gasteiger partial charge in [0, 0.05) is 44.8 Å². The highest BCUT2D eigenvalue weighted by Gasteiger charge is 2.35. The molecule has 2 aromatic carbocycles. The number of aromatic nitrogens is 2. The summed E-state index contributed by atoms with van der Waals surface area (Å²) >= 11 is 0.749. The molecule has 1 aliphatic rings. The number of aromatic carboxylic acids is 1. The summed E-state index contributed by atoms with van der Waals surface area (Å²) in [5, 5.41) is 32.3. The summed E-state index contributed by atoms with van der Waals surface area (Å²) in [6.07, 6.45) is 5.86. The van der Waals surface area contributed by atoms with Crippen molar-refractivity contribution in [2.45, 2.75) is 39.0 Å². The van der Waals surface area contributed by atoms with E-state index < -0.39 is 17.6 Å². The zero-order valence-electron chi connectivity index (χ0n) is 21.9. The van der Waals surface area contributed by atoms with Crippen molar-refractivity contribution in [2.75, 3.05) is 6.61 Å². The molecule has 0 bridgehead atoms. The van der Waals surface area contributed by atoms with E-state index in [1.54, 1.807) is 12.3 Å². The molecule has 3 aromatic heterocycles. The van der Waals surface area contributed by atoms with Crippen LogP contribution in [0.25, 0.3) is 32.9 Å². The molecule has 1 saturated carbocycles. The molecule has 0 atom stereocenters. The second-order valence-corrected chi connectivity index (χ2v) is 11.4. The third-order valence-electron chi connectivity index (χ3n) is 7.60. The third kappa shape index (κ3) is 4.22. The van der Waals surface area contributed by atoms with Crippen LogP contribution >= 0.6 is 11.3 Å². The number of carbonyl (C=O) groups is 2. The minimum Gasteiger partial charge on any atom is -0.506 e. The SMILES string of the molecule is C/C(=C\Cc1ccc(C)c2c(C(=O)c3sc(C(=O)O)c(-c4c(C5CC5)[nH]c5cc(F)ccc45)c3O)c[nH]c12)CO. The van der Waals surface area contributed by atoms with Gasteiger partial charge < -0.3 is 25.3 Å². The zero-order valence-corrected chi connectivity index (χ0v) is 22.7. The minimum absolute atomic E-state index is 0.0385. The van der Waals surface area contributed by atoms with Crippen LogP contribution in [0.3, 0.4) is 0 Å². The Morgan fingerprint density at radius 3 is 2.62 bits per heavy atom. The van der Waals surface area contributed by atoms with Crippen LogP contribution in [0.5, 0.6) is 5.75 Å². The van der Waals surface area contributed by atoms with Crippen molar-refractivity contribution >= 4 is 44.9 Å². The topological polar surface area (TPSA) is 126 Å². The number of aromatic amines is 2. The van der Waals surface area contributed by atoms with E-state index in [0.717, 1.165) is 52.1 Å². The highest BCUT2D eigenvalue weighted by molar-refractivity contribution is 7.17. The van der Waals surface area contributed by atoms with Crippen LogP contribution in [0.1, 0.15) is 67.4 Å². The molecule has 5 N–H and O–H groups in total. The van der Waals surface area contributed by atoms with Gasteiger partial charge in [-0.1, -0.05) is 23.8 Å². The summed E-state index contributed by atoms with van der Waals surface area (Å²) < 4.78 is 14.0. The number of aliphatic hydroxyl groups excluding tert-OH is 1. The van der Waals surface area contributed by atoms with Gasteiger partial charge >= 0.3 is 5.97 Å². The maximum Gasteiger partial charge on any atom is 0.346 e. The molecule has 1 aliphatic carbocycles. The number of hydrogen-bond acceptors (Lipinski definition) is 5. The number of H-pyrrole nitrogens is 2. The summed E-state index contributed by atoms with van der Waals surface area (Å²) in [6.45, 7) is 3.69. The van der Waals surface area contributed by atoms with Crippen molar-refractivity contribution in [3.05, 3.63) is 86.1 Å². The number of thiophene rings is 1. The first-order valence-electron chi connectivity index (χ1n) is 13.0. The van der Waals surface area contributed by atoms with E-state index in [4.69, 9.17) is 0 Å². The van der Waals surface area contributed by atoms with Crippen LogP contribution in [0.15, 0.2) is 48.2 Å². The molecule has 1 fully saturated rings. The molecule has 6 rings (SSSR count). The first-order chi connectivity index (χ1) is 19.2. The fraction of sp³-hybridized carbons (Fsp3) is 0.226. The maximum absolute atomic E-state index is 14.0. The molecular formula is C31H27FN2O5S. The monoisotopic (exact) mass is 558 g/mol. The third-order valence-corrected chi connectivity index (χ3v) is 8.77. The van der Waals surface area contributed by atoms with Gasteiger partial charge in [-0.15, -0.1) is 11.3 Å². The van der Waals surface area contributed by atoms with Crippen molar-refractivity contribution in [1.82, 2.24) is 9.97 Å². The van der Waals surface area contributed by atoms with Gasteiger partial charge in [0.15, 0.2) is 0 Å². The molecular weight excluding hydrogens is 531 g/mol. The zero-order chi connectivity index (χ0) is 28.3. The Labute approximate surface area is 232 Å². The predicted octanol–water partition coefficient (Wildman–Crippen LogP) is 6.82. The molecule has 7 nitrogen and oxygen atoms in total. The molecule has 204 valence electrons. The molecule has 3 heterocycles. The highest BCUT2D eigenvalue weighted by Crippen LogP contribution is 2.52. The van der Waals surface area contributed by atoms with Crippen molar-refractivity contribution in [3.63, 3.8) is 0 Å². The fourth-order valence-corrected chi connectivity index (χ4v) is 6.39. The van der Waals surface area contributed by atoms with E-state index in [9.17, 15) is 29.3 Å². The summed E-state index contributed by atoms with van der Waals surface area (Å²) in [4.78, 5) is 32.6. The number of benzene rings is 2. The average molecular weight is 559 g/mol. The number of aryl methyl sites for hydroxylation is 1. The molecule has 5 aromatic rings. The van der Waals surface area contributed by atoms with Gasteiger partial charge in [-0.3, -0.25) is 4.79 Å². The number of rotatable bonds is 8. The molecule has 0 spiro atoms. The summed E-state index contributed by atoms with van der Waals surface area (Å²) in [5.41, 5.74) is 5.58. The standard InChI is InChI=1S/C31H27FN2O5S/c1-14(13-35)3-5-16-6-4-15(2)22-20(12-33-25(16)22)27(36)30-28(37)24(29(40-30)31(38)39)23-19-10-9-18(32)11-21(19)34-26(23)17-7-8-17/h3-4,6,9-12,17,33-35,37H,5,7-8,13H2,1-2H3,(H,38,39)/b14-3+. The number of hydrogen-bond donors (Lipinski definition) is 5. The second kappa shape index (κ2) is 9.76. The van der Waals surface area contributed by atoms with Crippen LogP contribution in [-0.4, -0.2) is 43.6 Å². The van der Waals surface area contributed by atoms with Gasteiger partial charge in [-0.2, -0.15) is 0 Å². The molecule has 0 saturated heterocycles. The lowest BCUT2D eigenvalue weighted by Crippen LogP contribution is -1.99. The van der Waals surface area contributed by atoms with Crippen LogP contribution in [0, 0.1) is 12.7 Å². The van der Waals surface area contributed by atoms with E-state index in [1.165, 1.54) is 12.1 Å². The number of aromatic hydroxyl groups is 1. The van der Waals surface area contributed by atoms with E-state index in [-0.39, 0.29) is 33.6 Å². The minimum atomic E-state index is -1.25. The Balaban J connectivity index is 1.52. The first kappa shape index (κ1) is 26.0. The van der Waals surface area contributed by atoms with Crippen LogP contribution in [0.2, 0.25) is 0 Å². The van der Waals surface area contributed by atoms with Crippen molar-refractivity contribution in [1.29, 1.82) is 0 Å². The first-order valence-corrected chi connectivity index (χ1v) is 13.8. The highest BCUT2D eigenvalue weighted by atomic mass is 32.1. The number of carbonyl (C=O) groups excluding carboxylic acids is 1. The number of allylic oxidation sites excluding steroid dienone is 1. The van der Waals surface area contributed by atoms with E-state index in [1.807, 2.05) is 32.1 Å². The van der Waals surface area contributed by atoms with Crippen LogP contribution in [-0.2, 0) is 6.42 Å². The van der Waals surface area contributed by atoms with Gasteiger partial charge in [0.25, 0.3) is 0 Å². The van der Waals surface area contributed by atoms with Gasteiger partial charge in [-0.25, -0.2) is 9.18 Å². The quantitative estimate of drug-likeness (QED) is 0.106. The van der Waals surface area contributed by atoms with E-state index in [2.05, 4.69) is 9.97 Å². The average Bonchev–Trinajstić information content (AvgIpc) is 3.42. The van der Waals surface area contributed by atoms with E-state index >= 15 is 0 Å². The molecule has 0 amide bonds. The van der Waals surface area contributed by atoms with Gasteiger partial charge in [0.05, 0.1) is 12.2 Å². The smallest absolute Gasteiger partial charge is 0.346 e. The van der Waals surface area contributed by atoms with Crippen molar-refractivity contribution in [3.8, 4) is 16.9 Å². The molecule has 0 radical (unpaired) electrons. The van der Waals surface area contributed by atoms with Crippen molar-refractivity contribution < 1.29 is 29.3 Å². The normalized spacial score (nSPS) is 13.9. The van der Waals surface area contributed by atoms with Crippen LogP contribution < -0.4 is 0 Å². The molecule has 40 heavy (non-hydrogen) atoms. The Bertz CT molecular complexity index is 1870. The fourth-order valence-electron chi connectivity index (χ4n) is 5.40. The maximum atomic E-state index is 14.0. The van der Waals surface area contributed by atoms with E-state index in [0.29, 0.717) is 33.8 Å². The molecule has 9 heteroatoms. The Hall–Kier alpha value is -4.21. The second-order valence-electron chi connectivity index (χ2n) is 10.4. The molecule has 0 aliphatic heterocycles. The number of nitrogens with one attached hydrogen (secondary N) is 2. The van der Waals surface area contributed by atoms with Gasteiger partial charge in [0.1, 0.15) is 21.3 Å². The Morgan fingerprint density at radius 1 is 1.15 bits per heavy atom. The number of halogens is 1.